The number of hydrogen-bond acceptors (Lipinski definition) is 4. The second-order valence-electron chi connectivity index (χ2n) is 4.22. The molecule has 1 heterocycles. The van der Waals surface area contributed by atoms with Crippen molar-refractivity contribution in [1.82, 2.24) is 15.0 Å². The van der Waals surface area contributed by atoms with Crippen LogP contribution >= 0.6 is 11.6 Å². The second kappa shape index (κ2) is 5.98. The predicted octanol–water partition coefficient (Wildman–Crippen LogP) is 2.92. The fourth-order valence-electron chi connectivity index (χ4n) is 1.70. The van der Waals surface area contributed by atoms with Gasteiger partial charge in [0.05, 0.1) is 6.54 Å². The smallest absolute Gasteiger partial charge is 0.240 e. The van der Waals surface area contributed by atoms with Gasteiger partial charge in [0.2, 0.25) is 5.89 Å². The summed E-state index contributed by atoms with van der Waals surface area (Å²) in [5.41, 5.74) is 1.09. The molecule has 1 aromatic carbocycles. The van der Waals surface area contributed by atoms with E-state index in [1.54, 1.807) is 0 Å². The van der Waals surface area contributed by atoms with Gasteiger partial charge >= 0.3 is 0 Å². The molecule has 5 heteroatoms. The fourth-order valence-corrected chi connectivity index (χ4v) is 1.90. The molecule has 4 nitrogen and oxygen atoms in total. The van der Waals surface area contributed by atoms with Gasteiger partial charge in [-0.1, -0.05) is 41.9 Å². The van der Waals surface area contributed by atoms with Crippen molar-refractivity contribution in [3.63, 3.8) is 0 Å². The highest BCUT2D eigenvalue weighted by molar-refractivity contribution is 6.31. The Bertz CT molecular complexity index is 512. The lowest BCUT2D eigenvalue weighted by Gasteiger charge is -2.14. The zero-order chi connectivity index (χ0) is 13.0. The quantitative estimate of drug-likeness (QED) is 0.834. The van der Waals surface area contributed by atoms with E-state index in [1.165, 1.54) is 0 Å². The zero-order valence-corrected chi connectivity index (χ0v) is 11.3. The van der Waals surface area contributed by atoms with Crippen LogP contribution in [0.5, 0.6) is 0 Å². The van der Waals surface area contributed by atoms with Crippen LogP contribution in [0.25, 0.3) is 0 Å². The highest BCUT2D eigenvalue weighted by Gasteiger charge is 2.09. The van der Waals surface area contributed by atoms with Crippen molar-refractivity contribution in [2.75, 3.05) is 7.05 Å². The van der Waals surface area contributed by atoms with E-state index in [0.29, 0.717) is 12.4 Å². The van der Waals surface area contributed by atoms with Gasteiger partial charge in [0.15, 0.2) is 5.82 Å². The Morgan fingerprint density at radius 2 is 2.06 bits per heavy atom. The monoisotopic (exact) mass is 265 g/mol. The molecule has 0 atom stereocenters. The number of benzene rings is 1. The summed E-state index contributed by atoms with van der Waals surface area (Å²) < 4.78 is 5.16. The molecule has 2 aromatic rings. The van der Waals surface area contributed by atoms with E-state index in [-0.39, 0.29) is 0 Å². The number of rotatable bonds is 5. The van der Waals surface area contributed by atoms with Crippen LogP contribution in [-0.4, -0.2) is 22.1 Å². The molecular weight excluding hydrogens is 250 g/mol. The SMILES string of the molecule is CCc1noc(CN(C)Cc2ccccc2Cl)n1. The van der Waals surface area contributed by atoms with Crippen molar-refractivity contribution in [2.45, 2.75) is 26.4 Å². The standard InChI is InChI=1S/C13H16ClN3O/c1-3-12-15-13(18-16-12)9-17(2)8-10-6-4-5-7-11(10)14/h4-7H,3,8-9H2,1-2H3. The minimum absolute atomic E-state index is 0.623. The van der Waals surface area contributed by atoms with E-state index in [4.69, 9.17) is 16.1 Å². The Labute approximate surface area is 112 Å². The molecule has 0 N–H and O–H groups in total. The van der Waals surface area contributed by atoms with Crippen LogP contribution in [0.15, 0.2) is 28.8 Å². The summed E-state index contributed by atoms with van der Waals surface area (Å²) in [6.07, 6.45) is 0.789. The Morgan fingerprint density at radius 3 is 2.72 bits per heavy atom. The number of hydrogen-bond donors (Lipinski definition) is 0. The molecule has 0 radical (unpaired) electrons. The van der Waals surface area contributed by atoms with Crippen molar-refractivity contribution in [1.29, 1.82) is 0 Å². The Kier molecular flexibility index (Phi) is 4.33. The van der Waals surface area contributed by atoms with Gasteiger partial charge < -0.3 is 4.52 Å². The molecule has 0 saturated carbocycles. The van der Waals surface area contributed by atoms with Crippen LogP contribution in [0.4, 0.5) is 0 Å². The third kappa shape index (κ3) is 3.31. The van der Waals surface area contributed by atoms with Gasteiger partial charge in [-0.05, 0) is 18.7 Å². The molecule has 18 heavy (non-hydrogen) atoms. The van der Waals surface area contributed by atoms with Crippen LogP contribution in [0.2, 0.25) is 5.02 Å². The summed E-state index contributed by atoms with van der Waals surface area (Å²) in [6, 6.07) is 7.82. The van der Waals surface area contributed by atoms with Crippen LogP contribution in [0.3, 0.4) is 0 Å². The molecule has 0 fully saturated rings. The average Bonchev–Trinajstić information content (AvgIpc) is 2.80. The summed E-state index contributed by atoms with van der Waals surface area (Å²) in [5, 5.41) is 4.66. The Balaban J connectivity index is 1.96. The third-order valence-electron chi connectivity index (χ3n) is 2.63. The number of aromatic nitrogens is 2. The average molecular weight is 266 g/mol. The van der Waals surface area contributed by atoms with Crippen LogP contribution in [-0.2, 0) is 19.5 Å². The summed E-state index contributed by atoms with van der Waals surface area (Å²) in [4.78, 5) is 6.37. The number of aryl methyl sites for hydroxylation is 1. The first-order chi connectivity index (χ1) is 8.69. The summed E-state index contributed by atoms with van der Waals surface area (Å²) in [6.45, 7) is 3.38. The second-order valence-corrected chi connectivity index (χ2v) is 4.63. The molecule has 0 aliphatic carbocycles. The minimum Gasteiger partial charge on any atom is -0.338 e. The first-order valence-corrected chi connectivity index (χ1v) is 6.30. The summed E-state index contributed by atoms with van der Waals surface area (Å²) >= 11 is 6.12. The highest BCUT2D eigenvalue weighted by atomic mass is 35.5. The maximum atomic E-state index is 6.12. The molecule has 0 saturated heterocycles. The maximum absolute atomic E-state index is 6.12. The minimum atomic E-state index is 0.623. The molecule has 2 rings (SSSR count). The number of nitrogens with zero attached hydrogens (tertiary/aromatic N) is 3. The van der Waals surface area contributed by atoms with Gasteiger partial charge in [-0.15, -0.1) is 0 Å². The molecule has 0 amide bonds. The molecule has 0 aliphatic rings. The zero-order valence-electron chi connectivity index (χ0n) is 10.6. The predicted molar refractivity (Wildman–Crippen MR) is 70.3 cm³/mol. The third-order valence-corrected chi connectivity index (χ3v) is 3.00. The van der Waals surface area contributed by atoms with Gasteiger partial charge in [-0.25, -0.2) is 0 Å². The first kappa shape index (κ1) is 13.1. The lowest BCUT2D eigenvalue weighted by Crippen LogP contribution is -2.17. The lowest BCUT2D eigenvalue weighted by atomic mass is 10.2. The number of halogens is 1. The van der Waals surface area contributed by atoms with E-state index < -0.39 is 0 Å². The van der Waals surface area contributed by atoms with E-state index in [1.807, 2.05) is 38.2 Å². The van der Waals surface area contributed by atoms with Crippen molar-refractivity contribution < 1.29 is 4.52 Å². The molecule has 0 aliphatic heterocycles. The van der Waals surface area contributed by atoms with Gasteiger partial charge in [0.1, 0.15) is 0 Å². The molecule has 1 aromatic heterocycles. The van der Waals surface area contributed by atoms with E-state index >= 15 is 0 Å². The van der Waals surface area contributed by atoms with Crippen LogP contribution < -0.4 is 0 Å². The van der Waals surface area contributed by atoms with E-state index in [9.17, 15) is 0 Å². The van der Waals surface area contributed by atoms with Gasteiger partial charge in [-0.3, -0.25) is 4.90 Å². The first-order valence-electron chi connectivity index (χ1n) is 5.92. The fraction of sp³-hybridized carbons (Fsp3) is 0.385. The van der Waals surface area contributed by atoms with Gasteiger partial charge in [-0.2, -0.15) is 4.98 Å². The Morgan fingerprint density at radius 1 is 1.28 bits per heavy atom. The molecule has 0 unspecified atom stereocenters. The Hall–Kier alpha value is -1.39. The summed E-state index contributed by atoms with van der Waals surface area (Å²) in [7, 11) is 2.00. The summed E-state index contributed by atoms with van der Waals surface area (Å²) in [5.74, 6) is 1.39. The van der Waals surface area contributed by atoms with Crippen molar-refractivity contribution in [3.8, 4) is 0 Å². The molecular formula is C13H16ClN3O. The highest BCUT2D eigenvalue weighted by Crippen LogP contribution is 2.17. The van der Waals surface area contributed by atoms with Crippen molar-refractivity contribution in [3.05, 3.63) is 46.6 Å². The normalized spacial score (nSPS) is 11.1. The van der Waals surface area contributed by atoms with Gasteiger partial charge in [0, 0.05) is 18.0 Å². The van der Waals surface area contributed by atoms with Crippen LogP contribution in [0.1, 0.15) is 24.2 Å². The lowest BCUT2D eigenvalue weighted by molar-refractivity contribution is 0.260. The van der Waals surface area contributed by atoms with Crippen molar-refractivity contribution >= 4 is 11.6 Å². The van der Waals surface area contributed by atoms with Gasteiger partial charge in [0.25, 0.3) is 0 Å². The topological polar surface area (TPSA) is 42.2 Å². The molecule has 0 bridgehead atoms. The van der Waals surface area contributed by atoms with E-state index in [0.717, 1.165) is 29.4 Å². The largest absolute Gasteiger partial charge is 0.338 e. The van der Waals surface area contributed by atoms with E-state index in [2.05, 4.69) is 15.0 Å². The molecule has 96 valence electrons. The van der Waals surface area contributed by atoms with Crippen molar-refractivity contribution in [2.24, 2.45) is 0 Å². The maximum Gasteiger partial charge on any atom is 0.240 e. The van der Waals surface area contributed by atoms with Crippen LogP contribution in [0, 0.1) is 0 Å². The molecule has 0 spiro atoms.